The molecule has 0 radical (unpaired) electrons. The molecule has 2 rings (SSSR count). The van der Waals surface area contributed by atoms with Crippen molar-refractivity contribution < 1.29 is 18.7 Å². The van der Waals surface area contributed by atoms with Gasteiger partial charge in [-0.2, -0.15) is 5.10 Å². The lowest BCUT2D eigenvalue weighted by molar-refractivity contribution is -0.136. The number of aliphatic carboxylic acids is 1. The normalized spacial score (nSPS) is 10.8. The third kappa shape index (κ3) is 3.01. The molecule has 1 aromatic heterocycles. The van der Waals surface area contributed by atoms with Crippen LogP contribution in [0.25, 0.3) is 0 Å². The van der Waals surface area contributed by atoms with E-state index in [4.69, 9.17) is 5.11 Å². The SMILES string of the molecule is Cc1nn(Cc2cc(F)cc(F)c2)c(C)c1CC(=O)O. The van der Waals surface area contributed by atoms with Gasteiger partial charge in [0.2, 0.25) is 0 Å². The Balaban J connectivity index is 2.32. The van der Waals surface area contributed by atoms with Crippen LogP contribution in [0, 0.1) is 25.5 Å². The number of nitrogens with zero attached hydrogens (tertiary/aromatic N) is 2. The number of hydrogen-bond acceptors (Lipinski definition) is 2. The highest BCUT2D eigenvalue weighted by Crippen LogP contribution is 2.16. The van der Waals surface area contributed by atoms with Crippen molar-refractivity contribution in [3.63, 3.8) is 0 Å². The lowest BCUT2D eigenvalue weighted by Gasteiger charge is -2.06. The van der Waals surface area contributed by atoms with Gasteiger partial charge in [-0.05, 0) is 31.5 Å². The minimum Gasteiger partial charge on any atom is -0.481 e. The molecule has 1 heterocycles. The van der Waals surface area contributed by atoms with Gasteiger partial charge in [0.05, 0.1) is 18.7 Å². The number of carboxylic acid groups (broad SMARTS) is 1. The van der Waals surface area contributed by atoms with Crippen molar-refractivity contribution in [1.29, 1.82) is 0 Å². The van der Waals surface area contributed by atoms with Crippen molar-refractivity contribution in [2.24, 2.45) is 0 Å². The highest BCUT2D eigenvalue weighted by Gasteiger charge is 2.14. The molecule has 0 saturated carbocycles. The molecule has 0 aliphatic heterocycles. The molecular formula is C14H14F2N2O2. The number of aryl methyl sites for hydroxylation is 1. The van der Waals surface area contributed by atoms with E-state index in [-0.39, 0.29) is 13.0 Å². The Morgan fingerprint density at radius 2 is 1.85 bits per heavy atom. The van der Waals surface area contributed by atoms with Gasteiger partial charge in [-0.15, -0.1) is 0 Å². The zero-order valence-corrected chi connectivity index (χ0v) is 11.2. The van der Waals surface area contributed by atoms with E-state index in [1.165, 1.54) is 12.1 Å². The second kappa shape index (κ2) is 5.40. The molecule has 1 aromatic carbocycles. The summed E-state index contributed by atoms with van der Waals surface area (Å²) in [5.41, 5.74) is 2.38. The van der Waals surface area contributed by atoms with Crippen LogP contribution in [0.5, 0.6) is 0 Å². The van der Waals surface area contributed by atoms with Gasteiger partial charge in [-0.1, -0.05) is 0 Å². The fourth-order valence-electron chi connectivity index (χ4n) is 2.17. The minimum atomic E-state index is -0.937. The van der Waals surface area contributed by atoms with Crippen LogP contribution in [-0.2, 0) is 17.8 Å². The van der Waals surface area contributed by atoms with Crippen molar-refractivity contribution in [1.82, 2.24) is 9.78 Å². The lowest BCUT2D eigenvalue weighted by atomic mass is 10.1. The summed E-state index contributed by atoms with van der Waals surface area (Å²) in [6.07, 6.45) is -0.116. The first-order chi connectivity index (χ1) is 9.36. The average Bonchev–Trinajstić information content (AvgIpc) is 2.55. The summed E-state index contributed by atoms with van der Waals surface area (Å²) in [5, 5.41) is 13.1. The Hall–Kier alpha value is -2.24. The van der Waals surface area contributed by atoms with E-state index in [1.807, 2.05) is 0 Å². The molecule has 0 spiro atoms. The Bertz CT molecular complexity index is 645. The number of benzene rings is 1. The maximum Gasteiger partial charge on any atom is 0.307 e. The monoisotopic (exact) mass is 280 g/mol. The first kappa shape index (κ1) is 14.2. The Kier molecular flexibility index (Phi) is 3.83. The predicted octanol–water partition coefficient (Wildman–Crippen LogP) is 2.45. The second-order valence-corrected chi connectivity index (χ2v) is 4.66. The summed E-state index contributed by atoms with van der Waals surface area (Å²) in [4.78, 5) is 10.8. The van der Waals surface area contributed by atoms with Crippen LogP contribution in [0.1, 0.15) is 22.5 Å². The van der Waals surface area contributed by atoms with Gasteiger partial charge < -0.3 is 5.11 Å². The van der Waals surface area contributed by atoms with Crippen molar-refractivity contribution >= 4 is 5.97 Å². The predicted molar refractivity (Wildman–Crippen MR) is 68.5 cm³/mol. The molecule has 106 valence electrons. The smallest absolute Gasteiger partial charge is 0.307 e. The largest absolute Gasteiger partial charge is 0.481 e. The highest BCUT2D eigenvalue weighted by atomic mass is 19.1. The number of carbonyl (C=O) groups is 1. The molecule has 0 aliphatic carbocycles. The maximum atomic E-state index is 13.1. The molecule has 6 heteroatoms. The van der Waals surface area contributed by atoms with Crippen LogP contribution in [0.15, 0.2) is 18.2 Å². The summed E-state index contributed by atoms with van der Waals surface area (Å²) in [5.74, 6) is -2.23. The van der Waals surface area contributed by atoms with E-state index in [9.17, 15) is 13.6 Å². The molecule has 0 saturated heterocycles. The summed E-state index contributed by atoms with van der Waals surface area (Å²) in [6, 6.07) is 3.27. The molecule has 0 aliphatic rings. The van der Waals surface area contributed by atoms with Crippen LogP contribution in [0.2, 0.25) is 0 Å². The molecular weight excluding hydrogens is 266 g/mol. The molecule has 2 aromatic rings. The Labute approximate surface area is 114 Å². The maximum absolute atomic E-state index is 13.1. The first-order valence-electron chi connectivity index (χ1n) is 6.06. The van der Waals surface area contributed by atoms with E-state index in [2.05, 4.69) is 5.10 Å². The molecule has 0 atom stereocenters. The number of carboxylic acids is 1. The third-order valence-corrected chi connectivity index (χ3v) is 3.11. The molecule has 0 amide bonds. The second-order valence-electron chi connectivity index (χ2n) is 4.66. The van der Waals surface area contributed by atoms with Gasteiger partial charge in [-0.25, -0.2) is 8.78 Å². The number of halogens is 2. The molecule has 0 unspecified atom stereocenters. The van der Waals surface area contributed by atoms with Crippen LogP contribution in [0.3, 0.4) is 0 Å². The molecule has 20 heavy (non-hydrogen) atoms. The molecule has 0 bridgehead atoms. The first-order valence-corrected chi connectivity index (χ1v) is 6.06. The summed E-state index contributed by atoms with van der Waals surface area (Å²) >= 11 is 0. The van der Waals surface area contributed by atoms with Gasteiger partial charge >= 0.3 is 5.97 Å². The molecule has 4 nitrogen and oxygen atoms in total. The fraction of sp³-hybridized carbons (Fsp3) is 0.286. The Morgan fingerprint density at radius 1 is 1.25 bits per heavy atom. The van der Waals surface area contributed by atoms with Gasteiger partial charge in [0.15, 0.2) is 0 Å². The van der Waals surface area contributed by atoms with Crippen molar-refractivity contribution in [3.05, 3.63) is 52.3 Å². The topological polar surface area (TPSA) is 55.1 Å². The van der Waals surface area contributed by atoms with Gasteiger partial charge in [0, 0.05) is 17.3 Å². The van der Waals surface area contributed by atoms with Crippen molar-refractivity contribution in [3.8, 4) is 0 Å². The summed E-state index contributed by atoms with van der Waals surface area (Å²) < 4.78 is 27.8. The van der Waals surface area contributed by atoms with E-state index < -0.39 is 17.6 Å². The number of rotatable bonds is 4. The lowest BCUT2D eigenvalue weighted by Crippen LogP contribution is -2.06. The van der Waals surface area contributed by atoms with E-state index >= 15 is 0 Å². The van der Waals surface area contributed by atoms with Gasteiger partial charge in [-0.3, -0.25) is 9.48 Å². The van der Waals surface area contributed by atoms with Crippen molar-refractivity contribution in [2.75, 3.05) is 0 Å². The quantitative estimate of drug-likeness (QED) is 0.936. The standard InChI is InChI=1S/C14H14F2N2O2/c1-8-13(6-14(19)20)9(2)18(17-8)7-10-3-11(15)5-12(16)4-10/h3-5H,6-7H2,1-2H3,(H,19,20). The van der Waals surface area contributed by atoms with Crippen LogP contribution in [-0.4, -0.2) is 20.9 Å². The van der Waals surface area contributed by atoms with Gasteiger partial charge in [0.1, 0.15) is 11.6 Å². The van der Waals surface area contributed by atoms with E-state index in [0.717, 1.165) is 6.07 Å². The summed E-state index contributed by atoms with van der Waals surface area (Å²) in [6.45, 7) is 3.66. The van der Waals surface area contributed by atoms with E-state index in [1.54, 1.807) is 18.5 Å². The van der Waals surface area contributed by atoms with Gasteiger partial charge in [0.25, 0.3) is 0 Å². The highest BCUT2D eigenvalue weighted by molar-refractivity contribution is 5.70. The average molecular weight is 280 g/mol. The van der Waals surface area contributed by atoms with Crippen LogP contribution in [0.4, 0.5) is 8.78 Å². The zero-order chi connectivity index (χ0) is 14.9. The van der Waals surface area contributed by atoms with Crippen molar-refractivity contribution in [2.45, 2.75) is 26.8 Å². The molecule has 1 N–H and O–H groups in total. The minimum absolute atomic E-state index is 0.116. The van der Waals surface area contributed by atoms with E-state index in [0.29, 0.717) is 22.5 Å². The Morgan fingerprint density at radius 3 is 2.40 bits per heavy atom. The fourth-order valence-corrected chi connectivity index (χ4v) is 2.17. The number of hydrogen-bond donors (Lipinski definition) is 1. The van der Waals surface area contributed by atoms with Crippen LogP contribution < -0.4 is 0 Å². The zero-order valence-electron chi connectivity index (χ0n) is 11.2. The third-order valence-electron chi connectivity index (χ3n) is 3.11. The number of aromatic nitrogens is 2. The molecule has 0 fully saturated rings. The van der Waals surface area contributed by atoms with Crippen LogP contribution >= 0.6 is 0 Å². The summed E-state index contributed by atoms with van der Waals surface area (Å²) in [7, 11) is 0.